The van der Waals surface area contributed by atoms with Gasteiger partial charge in [0.2, 0.25) is 0 Å². The van der Waals surface area contributed by atoms with Crippen LogP contribution in [0.2, 0.25) is 10.0 Å². The van der Waals surface area contributed by atoms with Crippen LogP contribution in [0.25, 0.3) is 0 Å². The molecule has 0 aliphatic carbocycles. The van der Waals surface area contributed by atoms with Crippen molar-refractivity contribution < 1.29 is 4.74 Å². The summed E-state index contributed by atoms with van der Waals surface area (Å²) in [6.07, 6.45) is 4.48. The van der Waals surface area contributed by atoms with Gasteiger partial charge in [-0.1, -0.05) is 29.6 Å². The average Bonchev–Trinajstić information content (AvgIpc) is 2.32. The SMILES string of the molecule is CNCCCCCc1cc(Cl)c(OC)cc1Cl. The highest BCUT2D eigenvalue weighted by atomic mass is 35.5. The molecule has 17 heavy (non-hydrogen) atoms. The van der Waals surface area contributed by atoms with Gasteiger partial charge in [-0.25, -0.2) is 0 Å². The number of halogens is 2. The van der Waals surface area contributed by atoms with Gasteiger partial charge in [-0.05, 0) is 44.5 Å². The molecule has 0 spiro atoms. The number of unbranched alkanes of at least 4 members (excludes halogenated alkanes) is 2. The molecule has 1 aromatic rings. The molecule has 2 nitrogen and oxygen atoms in total. The molecule has 1 aromatic carbocycles. The number of ether oxygens (including phenoxy) is 1. The molecule has 4 heteroatoms. The Bertz CT molecular complexity index is 356. The summed E-state index contributed by atoms with van der Waals surface area (Å²) in [7, 11) is 3.56. The number of rotatable bonds is 7. The fourth-order valence-electron chi connectivity index (χ4n) is 1.71. The summed E-state index contributed by atoms with van der Waals surface area (Å²) >= 11 is 12.2. The zero-order valence-corrected chi connectivity index (χ0v) is 11.9. The number of hydrogen-bond donors (Lipinski definition) is 1. The predicted octanol–water partition coefficient (Wildman–Crippen LogP) is 3.93. The summed E-state index contributed by atoms with van der Waals surface area (Å²) in [5.74, 6) is 0.635. The third-order valence-electron chi connectivity index (χ3n) is 2.69. The Morgan fingerprint density at radius 3 is 2.53 bits per heavy atom. The van der Waals surface area contributed by atoms with Crippen LogP contribution in [-0.4, -0.2) is 20.7 Å². The lowest BCUT2D eigenvalue weighted by atomic mass is 10.1. The van der Waals surface area contributed by atoms with Crippen LogP contribution in [-0.2, 0) is 6.42 Å². The molecule has 96 valence electrons. The smallest absolute Gasteiger partial charge is 0.138 e. The van der Waals surface area contributed by atoms with E-state index >= 15 is 0 Å². The van der Waals surface area contributed by atoms with E-state index in [2.05, 4.69) is 5.32 Å². The molecule has 0 atom stereocenters. The number of benzene rings is 1. The predicted molar refractivity (Wildman–Crippen MR) is 74.5 cm³/mol. The van der Waals surface area contributed by atoms with Gasteiger partial charge in [0.05, 0.1) is 12.1 Å². The first kappa shape index (κ1) is 14.6. The minimum atomic E-state index is 0.627. The topological polar surface area (TPSA) is 21.3 Å². The zero-order valence-electron chi connectivity index (χ0n) is 10.4. The van der Waals surface area contributed by atoms with Crippen molar-refractivity contribution in [3.8, 4) is 5.75 Å². The third-order valence-corrected chi connectivity index (χ3v) is 3.34. The van der Waals surface area contributed by atoms with E-state index in [-0.39, 0.29) is 0 Å². The minimum absolute atomic E-state index is 0.627. The monoisotopic (exact) mass is 275 g/mol. The first-order valence-electron chi connectivity index (χ1n) is 5.85. The molecule has 0 aliphatic heterocycles. The maximum Gasteiger partial charge on any atom is 0.138 e. The second-order valence-electron chi connectivity index (χ2n) is 3.99. The molecule has 0 saturated heterocycles. The van der Waals surface area contributed by atoms with Crippen molar-refractivity contribution in [2.24, 2.45) is 0 Å². The van der Waals surface area contributed by atoms with Crippen LogP contribution in [0.15, 0.2) is 12.1 Å². The summed E-state index contributed by atoms with van der Waals surface area (Å²) in [6, 6.07) is 3.69. The van der Waals surface area contributed by atoms with E-state index in [0.717, 1.165) is 30.0 Å². The van der Waals surface area contributed by atoms with Crippen molar-refractivity contribution in [1.82, 2.24) is 5.32 Å². The maximum absolute atomic E-state index is 6.17. The van der Waals surface area contributed by atoms with Crippen molar-refractivity contribution in [2.75, 3.05) is 20.7 Å². The summed E-state index contributed by atoms with van der Waals surface area (Å²) < 4.78 is 5.11. The van der Waals surface area contributed by atoms with E-state index < -0.39 is 0 Å². The van der Waals surface area contributed by atoms with E-state index in [4.69, 9.17) is 27.9 Å². The first-order chi connectivity index (χ1) is 8.19. The third kappa shape index (κ3) is 4.74. The lowest BCUT2D eigenvalue weighted by molar-refractivity contribution is 0.415. The van der Waals surface area contributed by atoms with Crippen LogP contribution in [0.5, 0.6) is 5.75 Å². The highest BCUT2D eigenvalue weighted by molar-refractivity contribution is 6.34. The molecule has 0 fully saturated rings. The second-order valence-corrected chi connectivity index (χ2v) is 4.81. The lowest BCUT2D eigenvalue weighted by Gasteiger charge is -2.09. The molecule has 0 aliphatic rings. The van der Waals surface area contributed by atoms with Gasteiger partial charge in [-0.15, -0.1) is 0 Å². The van der Waals surface area contributed by atoms with Gasteiger partial charge in [0.1, 0.15) is 5.75 Å². The van der Waals surface area contributed by atoms with Crippen molar-refractivity contribution in [3.05, 3.63) is 27.7 Å². The molecule has 0 amide bonds. The van der Waals surface area contributed by atoms with Crippen LogP contribution in [0.1, 0.15) is 24.8 Å². The van der Waals surface area contributed by atoms with E-state index in [1.54, 1.807) is 13.2 Å². The molecular formula is C13H19Cl2NO. The molecule has 0 unspecified atom stereocenters. The van der Waals surface area contributed by atoms with Crippen LogP contribution < -0.4 is 10.1 Å². The fourth-order valence-corrected chi connectivity index (χ4v) is 2.22. The Balaban J connectivity index is 2.51. The molecule has 0 heterocycles. The number of hydrogen-bond acceptors (Lipinski definition) is 2. The second kappa shape index (κ2) is 7.80. The molecule has 0 radical (unpaired) electrons. The van der Waals surface area contributed by atoms with Gasteiger partial charge in [0.25, 0.3) is 0 Å². The van der Waals surface area contributed by atoms with E-state index in [0.29, 0.717) is 10.8 Å². The van der Waals surface area contributed by atoms with Gasteiger partial charge in [-0.3, -0.25) is 0 Å². The molecule has 0 saturated carbocycles. The molecule has 0 bridgehead atoms. The molecule has 1 N–H and O–H groups in total. The summed E-state index contributed by atoms with van der Waals surface area (Å²) in [5.41, 5.74) is 1.10. The van der Waals surface area contributed by atoms with Gasteiger partial charge in [0.15, 0.2) is 0 Å². The number of nitrogens with one attached hydrogen (secondary N) is 1. The van der Waals surface area contributed by atoms with Crippen LogP contribution in [0, 0.1) is 0 Å². The fraction of sp³-hybridized carbons (Fsp3) is 0.538. The lowest BCUT2D eigenvalue weighted by Crippen LogP contribution is -2.07. The van der Waals surface area contributed by atoms with Crippen molar-refractivity contribution >= 4 is 23.2 Å². The standard InChI is InChI=1S/C13H19Cl2NO/c1-16-7-5-3-4-6-10-8-12(15)13(17-2)9-11(10)14/h8-9,16H,3-7H2,1-2H3. The van der Waals surface area contributed by atoms with Crippen molar-refractivity contribution in [3.63, 3.8) is 0 Å². The highest BCUT2D eigenvalue weighted by Gasteiger charge is 2.07. The highest BCUT2D eigenvalue weighted by Crippen LogP contribution is 2.31. The Hall–Kier alpha value is -0.440. The summed E-state index contributed by atoms with van der Waals surface area (Å²) in [5, 5.41) is 4.50. The molecular weight excluding hydrogens is 257 g/mol. The minimum Gasteiger partial charge on any atom is -0.495 e. The number of methoxy groups -OCH3 is 1. The van der Waals surface area contributed by atoms with E-state index in [9.17, 15) is 0 Å². The normalized spacial score (nSPS) is 10.6. The van der Waals surface area contributed by atoms with Crippen LogP contribution >= 0.6 is 23.2 Å². The average molecular weight is 276 g/mol. The quantitative estimate of drug-likeness (QED) is 0.762. The molecule has 0 aromatic heterocycles. The van der Waals surface area contributed by atoms with Crippen molar-refractivity contribution in [2.45, 2.75) is 25.7 Å². The first-order valence-corrected chi connectivity index (χ1v) is 6.61. The van der Waals surface area contributed by atoms with E-state index in [1.165, 1.54) is 12.8 Å². The molecule has 1 rings (SSSR count). The zero-order chi connectivity index (χ0) is 12.7. The summed E-state index contributed by atoms with van der Waals surface area (Å²) in [6.45, 7) is 1.07. The van der Waals surface area contributed by atoms with Crippen LogP contribution in [0.3, 0.4) is 0 Å². The van der Waals surface area contributed by atoms with Gasteiger partial charge in [0, 0.05) is 11.1 Å². The summed E-state index contributed by atoms with van der Waals surface area (Å²) in [4.78, 5) is 0. The largest absolute Gasteiger partial charge is 0.495 e. The Morgan fingerprint density at radius 2 is 1.88 bits per heavy atom. The van der Waals surface area contributed by atoms with Crippen LogP contribution in [0.4, 0.5) is 0 Å². The van der Waals surface area contributed by atoms with Gasteiger partial charge in [-0.2, -0.15) is 0 Å². The maximum atomic E-state index is 6.17. The Labute approximate surface area is 113 Å². The Kier molecular flexibility index (Phi) is 6.71. The van der Waals surface area contributed by atoms with Gasteiger partial charge < -0.3 is 10.1 Å². The Morgan fingerprint density at radius 1 is 1.12 bits per heavy atom. The van der Waals surface area contributed by atoms with Crippen molar-refractivity contribution in [1.29, 1.82) is 0 Å². The van der Waals surface area contributed by atoms with E-state index in [1.807, 2.05) is 13.1 Å². The number of aryl methyl sites for hydroxylation is 1. The van der Waals surface area contributed by atoms with Gasteiger partial charge >= 0.3 is 0 Å².